The van der Waals surface area contributed by atoms with E-state index in [0.29, 0.717) is 0 Å². The van der Waals surface area contributed by atoms with Gasteiger partial charge in [0.15, 0.2) is 0 Å². The van der Waals surface area contributed by atoms with Gasteiger partial charge in [-0.25, -0.2) is 0 Å². The van der Waals surface area contributed by atoms with Crippen LogP contribution in [-0.4, -0.2) is 24.7 Å². The molecule has 0 spiro atoms. The first-order valence-electron chi connectivity index (χ1n) is 8.24. The Bertz CT molecular complexity index is 270. The fourth-order valence-corrected chi connectivity index (χ4v) is 7.42. The van der Waals surface area contributed by atoms with Crippen LogP contribution in [0.15, 0.2) is 4.99 Å². The number of nitrogens with zero attached hydrogens (tertiary/aromatic N) is 1. The Hall–Kier alpha value is 0.237. The normalized spacial score (nSPS) is 23.6. The quantitative estimate of drug-likeness (QED) is 0.323. The van der Waals surface area contributed by atoms with Crippen molar-refractivity contribution in [3.63, 3.8) is 0 Å². The molecule has 0 aromatic carbocycles. The third-order valence-electron chi connectivity index (χ3n) is 3.59. The summed E-state index contributed by atoms with van der Waals surface area (Å²) in [5.41, 5.74) is 1.56. The van der Waals surface area contributed by atoms with Crippen LogP contribution in [-0.2, 0) is 0 Å². The molecule has 1 aliphatic carbocycles. The Kier molecular flexibility index (Phi) is 8.39. The van der Waals surface area contributed by atoms with E-state index in [4.69, 9.17) is 4.99 Å². The van der Waals surface area contributed by atoms with E-state index >= 15 is 0 Å². The topological polar surface area (TPSA) is 12.4 Å². The predicted octanol–water partition coefficient (Wildman–Crippen LogP) is 5.91. The zero-order chi connectivity index (χ0) is 14.1. The highest BCUT2D eigenvalue weighted by molar-refractivity contribution is 8.29. The highest BCUT2D eigenvalue weighted by Gasteiger charge is 2.25. The van der Waals surface area contributed by atoms with Crippen LogP contribution in [0.3, 0.4) is 0 Å². The summed E-state index contributed by atoms with van der Waals surface area (Å²) >= 11 is 2.28. The van der Waals surface area contributed by atoms with Crippen molar-refractivity contribution in [2.75, 3.05) is 6.54 Å². The molecule has 0 aromatic heterocycles. The lowest BCUT2D eigenvalue weighted by atomic mass is 10.1. The highest BCUT2D eigenvalue weighted by Crippen LogP contribution is 2.32. The molecule has 0 aromatic rings. The standard InChI is InChI=1S/C16H33NSSi/c1-5-6-7-11-14-17-15-12-9-8-10-13-16(15)18-19(2,3)4/h16H,5-14H2,1-4H3. The van der Waals surface area contributed by atoms with Crippen LogP contribution in [0.1, 0.15) is 64.7 Å². The second-order valence-corrected chi connectivity index (χ2v) is 16.2. The van der Waals surface area contributed by atoms with E-state index in [1.807, 2.05) is 0 Å². The van der Waals surface area contributed by atoms with Crippen LogP contribution >= 0.6 is 11.2 Å². The number of hydrogen-bond acceptors (Lipinski definition) is 2. The van der Waals surface area contributed by atoms with Crippen molar-refractivity contribution in [1.29, 1.82) is 0 Å². The van der Waals surface area contributed by atoms with Crippen LogP contribution in [0.5, 0.6) is 0 Å². The Labute approximate surface area is 125 Å². The summed E-state index contributed by atoms with van der Waals surface area (Å²) in [6.07, 6.45) is 12.2. The van der Waals surface area contributed by atoms with Gasteiger partial charge >= 0.3 is 0 Å². The van der Waals surface area contributed by atoms with Crippen molar-refractivity contribution in [2.45, 2.75) is 89.6 Å². The van der Waals surface area contributed by atoms with Gasteiger partial charge in [-0.05, 0) is 25.7 Å². The fraction of sp³-hybridized carbons (Fsp3) is 0.938. The van der Waals surface area contributed by atoms with Gasteiger partial charge in [0.1, 0.15) is 7.22 Å². The maximum Gasteiger partial charge on any atom is 0.109 e. The average molecular weight is 300 g/mol. The molecule has 19 heavy (non-hydrogen) atoms. The Balaban J connectivity index is 2.50. The molecule has 1 nitrogen and oxygen atoms in total. The molecule has 1 aliphatic rings. The minimum atomic E-state index is -1.03. The van der Waals surface area contributed by atoms with Gasteiger partial charge in [-0.3, -0.25) is 4.99 Å². The predicted molar refractivity (Wildman–Crippen MR) is 94.3 cm³/mol. The molecule has 1 saturated carbocycles. The van der Waals surface area contributed by atoms with Crippen molar-refractivity contribution >= 4 is 24.1 Å². The molecule has 0 bridgehead atoms. The van der Waals surface area contributed by atoms with E-state index in [1.165, 1.54) is 57.8 Å². The summed E-state index contributed by atoms with van der Waals surface area (Å²) in [5, 5.41) is 0.750. The van der Waals surface area contributed by atoms with E-state index in [-0.39, 0.29) is 0 Å². The van der Waals surface area contributed by atoms with Crippen LogP contribution in [0.4, 0.5) is 0 Å². The molecule has 0 saturated heterocycles. The van der Waals surface area contributed by atoms with Gasteiger partial charge in [0, 0.05) is 17.5 Å². The van der Waals surface area contributed by atoms with Crippen molar-refractivity contribution in [2.24, 2.45) is 4.99 Å². The van der Waals surface area contributed by atoms with Gasteiger partial charge in [-0.2, -0.15) is 11.2 Å². The van der Waals surface area contributed by atoms with Gasteiger partial charge in [0.05, 0.1) is 0 Å². The first-order chi connectivity index (χ1) is 9.03. The van der Waals surface area contributed by atoms with Crippen LogP contribution in [0.2, 0.25) is 19.6 Å². The maximum absolute atomic E-state index is 5.00. The van der Waals surface area contributed by atoms with E-state index in [0.717, 1.165) is 11.8 Å². The van der Waals surface area contributed by atoms with Crippen LogP contribution in [0, 0.1) is 0 Å². The first-order valence-corrected chi connectivity index (χ1v) is 13.3. The third-order valence-corrected chi connectivity index (χ3v) is 8.07. The summed E-state index contributed by atoms with van der Waals surface area (Å²) in [5.74, 6) is 0. The molecule has 1 rings (SSSR count). The minimum absolute atomic E-state index is 0.750. The molecule has 1 fully saturated rings. The molecule has 0 amide bonds. The molecule has 0 heterocycles. The summed E-state index contributed by atoms with van der Waals surface area (Å²) in [6.45, 7) is 10.8. The van der Waals surface area contributed by atoms with Crippen molar-refractivity contribution in [1.82, 2.24) is 0 Å². The molecule has 112 valence electrons. The smallest absolute Gasteiger partial charge is 0.109 e. The van der Waals surface area contributed by atoms with E-state index < -0.39 is 7.22 Å². The lowest BCUT2D eigenvalue weighted by molar-refractivity contribution is 0.673. The summed E-state index contributed by atoms with van der Waals surface area (Å²) in [7, 11) is -1.03. The Morgan fingerprint density at radius 2 is 1.89 bits per heavy atom. The number of aliphatic imine (C=N–C) groups is 1. The molecule has 0 radical (unpaired) electrons. The monoisotopic (exact) mass is 299 g/mol. The second-order valence-electron chi connectivity index (χ2n) is 6.75. The van der Waals surface area contributed by atoms with Crippen molar-refractivity contribution < 1.29 is 0 Å². The SMILES string of the molecule is CCCCCCN=C1CCCCCC1S[Si](C)(C)C. The lowest BCUT2D eigenvalue weighted by Crippen LogP contribution is -2.26. The van der Waals surface area contributed by atoms with Crippen molar-refractivity contribution in [3.8, 4) is 0 Å². The molecule has 0 aliphatic heterocycles. The van der Waals surface area contributed by atoms with Crippen LogP contribution < -0.4 is 0 Å². The molecule has 0 N–H and O–H groups in total. The van der Waals surface area contributed by atoms with Gasteiger partial charge < -0.3 is 0 Å². The van der Waals surface area contributed by atoms with Gasteiger partial charge in [-0.1, -0.05) is 58.7 Å². The molecule has 1 unspecified atom stereocenters. The first kappa shape index (κ1) is 17.3. The van der Waals surface area contributed by atoms with E-state index in [2.05, 4.69) is 37.8 Å². The summed E-state index contributed by atoms with van der Waals surface area (Å²) in [6, 6.07) is 0. The molecule has 3 heteroatoms. The molecular weight excluding hydrogens is 266 g/mol. The van der Waals surface area contributed by atoms with Gasteiger partial charge in [0.25, 0.3) is 0 Å². The lowest BCUT2D eigenvalue weighted by Gasteiger charge is -2.24. The minimum Gasteiger partial charge on any atom is -0.293 e. The summed E-state index contributed by atoms with van der Waals surface area (Å²) < 4.78 is 0. The Morgan fingerprint density at radius 3 is 2.58 bits per heavy atom. The molecule has 1 atom stereocenters. The number of hydrogen-bond donors (Lipinski definition) is 0. The van der Waals surface area contributed by atoms with E-state index in [9.17, 15) is 0 Å². The number of rotatable bonds is 7. The van der Waals surface area contributed by atoms with E-state index in [1.54, 1.807) is 5.71 Å². The zero-order valence-electron chi connectivity index (χ0n) is 13.5. The third kappa shape index (κ3) is 8.18. The maximum atomic E-state index is 5.00. The van der Waals surface area contributed by atoms with Gasteiger partial charge in [-0.15, -0.1) is 0 Å². The van der Waals surface area contributed by atoms with Crippen LogP contribution in [0.25, 0.3) is 0 Å². The fourth-order valence-electron chi connectivity index (χ4n) is 2.64. The Morgan fingerprint density at radius 1 is 1.11 bits per heavy atom. The number of unbranched alkanes of at least 4 members (excludes halogenated alkanes) is 3. The second kappa shape index (κ2) is 9.22. The zero-order valence-corrected chi connectivity index (χ0v) is 15.3. The van der Waals surface area contributed by atoms with Gasteiger partial charge in [0.2, 0.25) is 0 Å². The van der Waals surface area contributed by atoms with Crippen molar-refractivity contribution in [3.05, 3.63) is 0 Å². The summed E-state index contributed by atoms with van der Waals surface area (Å²) in [4.78, 5) is 5.00. The largest absolute Gasteiger partial charge is 0.293 e. The average Bonchev–Trinajstić information content (AvgIpc) is 2.53. The highest BCUT2D eigenvalue weighted by atomic mass is 32.4. The molecular formula is C16H33NSSi.